The van der Waals surface area contributed by atoms with Crippen LogP contribution in [-0.2, 0) is 19.1 Å². The molecule has 0 fully saturated rings. The van der Waals surface area contributed by atoms with Gasteiger partial charge < -0.3 is 19.5 Å². The molecular formula is C27H35NO6. The monoisotopic (exact) mass is 469 g/mol. The van der Waals surface area contributed by atoms with Crippen LogP contribution in [0.4, 0.5) is 0 Å². The summed E-state index contributed by atoms with van der Waals surface area (Å²) in [6, 6.07) is 5.15. The molecule has 3 atom stereocenters. The number of esters is 2. The molecule has 0 aromatic heterocycles. The summed E-state index contributed by atoms with van der Waals surface area (Å²) in [5, 5.41) is 3.27. The second-order valence-electron chi connectivity index (χ2n) is 9.83. The van der Waals surface area contributed by atoms with E-state index in [1.54, 1.807) is 18.2 Å². The average molecular weight is 470 g/mol. The maximum atomic E-state index is 13.4. The Kier molecular flexibility index (Phi) is 7.54. The van der Waals surface area contributed by atoms with Crippen LogP contribution >= 0.6 is 0 Å². The third-order valence-electron chi connectivity index (χ3n) is 6.28. The largest absolute Gasteiger partial charge is 0.490 e. The molecule has 1 aliphatic carbocycles. The minimum absolute atomic E-state index is 0.000359. The van der Waals surface area contributed by atoms with E-state index < -0.39 is 23.8 Å². The molecule has 0 saturated heterocycles. The van der Waals surface area contributed by atoms with Gasteiger partial charge in [0.2, 0.25) is 0 Å². The van der Waals surface area contributed by atoms with Gasteiger partial charge in [0.1, 0.15) is 5.92 Å². The van der Waals surface area contributed by atoms with E-state index in [0.717, 1.165) is 5.70 Å². The van der Waals surface area contributed by atoms with Gasteiger partial charge in [-0.15, -0.1) is 0 Å². The highest BCUT2D eigenvalue weighted by molar-refractivity contribution is 6.01. The Morgan fingerprint density at radius 2 is 1.91 bits per heavy atom. The highest BCUT2D eigenvalue weighted by atomic mass is 16.6. The summed E-state index contributed by atoms with van der Waals surface area (Å²) in [7, 11) is 0. The van der Waals surface area contributed by atoms with E-state index >= 15 is 0 Å². The van der Waals surface area contributed by atoms with Crippen LogP contribution in [0.5, 0.6) is 11.5 Å². The molecule has 0 bridgehead atoms. The molecule has 0 radical (unpaired) electrons. The first kappa shape index (κ1) is 25.5. The smallest absolute Gasteiger partial charge is 0.316 e. The minimum Gasteiger partial charge on any atom is -0.490 e. The molecule has 7 heteroatoms. The molecule has 3 unspecified atom stereocenters. The van der Waals surface area contributed by atoms with Crippen molar-refractivity contribution in [3.63, 3.8) is 0 Å². The zero-order chi connectivity index (χ0) is 25.2. The SMILES string of the molecule is C=C1NC2=C(C(=O)CC(C)(C)C2)C(c2ccc(OC(C)=O)c(OCC)c2)C1C(=O)OC(C)CC. The normalized spacial score (nSPS) is 22.4. The number of carbonyl (C=O) groups excluding carboxylic acids is 3. The molecule has 7 nitrogen and oxygen atoms in total. The molecule has 0 amide bonds. The lowest BCUT2D eigenvalue weighted by molar-refractivity contribution is -0.152. The lowest BCUT2D eigenvalue weighted by Gasteiger charge is -2.42. The predicted octanol–water partition coefficient (Wildman–Crippen LogP) is 4.81. The summed E-state index contributed by atoms with van der Waals surface area (Å²) >= 11 is 0. The summed E-state index contributed by atoms with van der Waals surface area (Å²) < 4.78 is 16.7. The molecule has 0 spiro atoms. The van der Waals surface area contributed by atoms with Crippen LogP contribution in [0.2, 0.25) is 0 Å². The van der Waals surface area contributed by atoms with E-state index in [2.05, 4.69) is 25.7 Å². The third kappa shape index (κ3) is 5.34. The van der Waals surface area contributed by atoms with Crippen LogP contribution in [0.1, 0.15) is 72.3 Å². The van der Waals surface area contributed by atoms with Crippen LogP contribution in [0.3, 0.4) is 0 Å². The summed E-state index contributed by atoms with van der Waals surface area (Å²) in [5.41, 5.74) is 2.39. The van der Waals surface area contributed by atoms with Crippen molar-refractivity contribution in [1.29, 1.82) is 0 Å². The highest BCUT2D eigenvalue weighted by Crippen LogP contribution is 2.49. The van der Waals surface area contributed by atoms with Gasteiger partial charge >= 0.3 is 11.9 Å². The van der Waals surface area contributed by atoms with Crippen molar-refractivity contribution in [3.8, 4) is 11.5 Å². The van der Waals surface area contributed by atoms with E-state index in [4.69, 9.17) is 14.2 Å². The molecule has 1 aromatic carbocycles. The Morgan fingerprint density at radius 1 is 1.21 bits per heavy atom. The van der Waals surface area contributed by atoms with Crippen molar-refractivity contribution in [2.45, 2.75) is 72.8 Å². The Bertz CT molecular complexity index is 1040. The maximum absolute atomic E-state index is 13.4. The van der Waals surface area contributed by atoms with E-state index in [9.17, 15) is 14.4 Å². The molecule has 184 valence electrons. The van der Waals surface area contributed by atoms with Gasteiger partial charge in [-0.1, -0.05) is 33.4 Å². The van der Waals surface area contributed by atoms with Gasteiger partial charge in [0.15, 0.2) is 17.3 Å². The highest BCUT2D eigenvalue weighted by Gasteiger charge is 2.47. The Labute approximate surface area is 201 Å². The van der Waals surface area contributed by atoms with Crippen LogP contribution in [-0.4, -0.2) is 30.4 Å². The van der Waals surface area contributed by atoms with E-state index in [1.165, 1.54) is 6.92 Å². The lowest BCUT2D eigenvalue weighted by Crippen LogP contribution is -2.44. The van der Waals surface area contributed by atoms with Gasteiger partial charge in [-0.05, 0) is 49.8 Å². The summed E-state index contributed by atoms with van der Waals surface area (Å²) in [5.74, 6) is -1.60. The number of ether oxygens (including phenoxy) is 3. The first-order valence-electron chi connectivity index (χ1n) is 11.8. The van der Waals surface area contributed by atoms with Gasteiger partial charge in [-0.25, -0.2) is 0 Å². The standard InChI is InChI=1S/C27H35NO6/c1-8-15(3)33-26(31)23-16(4)28-19-13-27(6,7)14-20(30)25(19)24(23)18-10-11-21(34-17(5)29)22(12-18)32-9-2/h10-12,15,23-24,28H,4,8-9,13-14H2,1-3,5-7H3. The molecule has 1 heterocycles. The summed E-state index contributed by atoms with van der Waals surface area (Å²) in [4.78, 5) is 38.3. The minimum atomic E-state index is -0.785. The molecule has 0 saturated carbocycles. The van der Waals surface area contributed by atoms with Crippen LogP contribution in [0, 0.1) is 11.3 Å². The molecular weight excluding hydrogens is 434 g/mol. The average Bonchev–Trinajstić information content (AvgIpc) is 2.72. The quantitative estimate of drug-likeness (QED) is 0.452. The topological polar surface area (TPSA) is 90.9 Å². The molecule has 1 aromatic rings. The fourth-order valence-electron chi connectivity index (χ4n) is 4.66. The van der Waals surface area contributed by atoms with Gasteiger partial charge in [0.05, 0.1) is 12.7 Å². The van der Waals surface area contributed by atoms with Crippen molar-refractivity contribution in [2.24, 2.45) is 11.3 Å². The maximum Gasteiger partial charge on any atom is 0.316 e. The number of nitrogens with one attached hydrogen (secondary N) is 1. The first-order chi connectivity index (χ1) is 16.0. The molecule has 1 N–H and O–H groups in total. The fraction of sp³-hybridized carbons (Fsp3) is 0.519. The number of benzene rings is 1. The predicted molar refractivity (Wildman–Crippen MR) is 128 cm³/mol. The third-order valence-corrected chi connectivity index (χ3v) is 6.28. The van der Waals surface area contributed by atoms with Crippen molar-refractivity contribution in [2.75, 3.05) is 6.61 Å². The zero-order valence-corrected chi connectivity index (χ0v) is 20.9. The Balaban J connectivity index is 2.17. The molecule has 1 aliphatic heterocycles. The van der Waals surface area contributed by atoms with Crippen LogP contribution < -0.4 is 14.8 Å². The first-order valence-corrected chi connectivity index (χ1v) is 11.8. The van der Waals surface area contributed by atoms with Crippen LogP contribution in [0.15, 0.2) is 41.7 Å². The van der Waals surface area contributed by atoms with E-state index in [1.807, 2.05) is 20.8 Å². The van der Waals surface area contributed by atoms with Crippen LogP contribution in [0.25, 0.3) is 0 Å². The summed E-state index contributed by atoms with van der Waals surface area (Å²) in [6.45, 7) is 15.5. The number of hydrogen-bond acceptors (Lipinski definition) is 7. The Hall–Kier alpha value is -3.09. The number of ketones is 1. The van der Waals surface area contributed by atoms with Gasteiger partial charge in [0, 0.05) is 36.2 Å². The van der Waals surface area contributed by atoms with Crippen molar-refractivity contribution in [3.05, 3.63) is 47.3 Å². The summed E-state index contributed by atoms with van der Waals surface area (Å²) in [6.07, 6.45) is 1.46. The van der Waals surface area contributed by atoms with Crippen molar-refractivity contribution < 1.29 is 28.6 Å². The zero-order valence-electron chi connectivity index (χ0n) is 20.9. The number of rotatable bonds is 7. The number of carbonyl (C=O) groups is 3. The van der Waals surface area contributed by atoms with Gasteiger partial charge in [0.25, 0.3) is 0 Å². The molecule has 3 rings (SSSR count). The molecule has 2 aliphatic rings. The van der Waals surface area contributed by atoms with Crippen molar-refractivity contribution in [1.82, 2.24) is 5.32 Å². The van der Waals surface area contributed by atoms with Crippen molar-refractivity contribution >= 4 is 17.7 Å². The van der Waals surface area contributed by atoms with E-state index in [0.29, 0.717) is 48.5 Å². The second-order valence-corrected chi connectivity index (χ2v) is 9.83. The fourth-order valence-corrected chi connectivity index (χ4v) is 4.66. The number of hydrogen-bond donors (Lipinski definition) is 1. The number of allylic oxidation sites excluding steroid dienone is 2. The van der Waals surface area contributed by atoms with Gasteiger partial charge in [-0.2, -0.15) is 0 Å². The lowest BCUT2D eigenvalue weighted by atomic mass is 9.66. The second kappa shape index (κ2) is 10.0. The number of Topliss-reactive ketones (excluding diaryl/α,β-unsaturated/α-hetero) is 1. The van der Waals surface area contributed by atoms with Gasteiger partial charge in [-0.3, -0.25) is 14.4 Å². The molecule has 34 heavy (non-hydrogen) atoms. The Morgan fingerprint density at radius 3 is 2.53 bits per heavy atom. The van der Waals surface area contributed by atoms with E-state index in [-0.39, 0.29) is 23.1 Å².